The average molecular weight is 270 g/mol. The summed E-state index contributed by atoms with van der Waals surface area (Å²) < 4.78 is 10.8. The van der Waals surface area contributed by atoms with E-state index in [0.717, 1.165) is 18.8 Å². The van der Waals surface area contributed by atoms with Gasteiger partial charge in [-0.2, -0.15) is 0 Å². The standard InChI is InChI=1S/C16H18N2O2/c1-19-16-8-7-14(11-17-16)18-9-10-20-12-15(18)13-5-3-2-4-6-13/h2-8,11,15H,9-10,12H2,1H3. The lowest BCUT2D eigenvalue weighted by molar-refractivity contribution is 0.0941. The molecule has 1 unspecified atom stereocenters. The zero-order valence-corrected chi connectivity index (χ0v) is 11.5. The summed E-state index contributed by atoms with van der Waals surface area (Å²) in [6.45, 7) is 2.32. The summed E-state index contributed by atoms with van der Waals surface area (Å²) in [5.74, 6) is 0.637. The molecule has 1 aromatic heterocycles. The Morgan fingerprint density at radius 1 is 1.20 bits per heavy atom. The first-order chi connectivity index (χ1) is 9.88. The highest BCUT2D eigenvalue weighted by molar-refractivity contribution is 5.48. The summed E-state index contributed by atoms with van der Waals surface area (Å²) in [4.78, 5) is 6.63. The van der Waals surface area contributed by atoms with Crippen molar-refractivity contribution >= 4 is 5.69 Å². The average Bonchev–Trinajstić information content (AvgIpc) is 2.56. The van der Waals surface area contributed by atoms with Gasteiger partial charge in [0.1, 0.15) is 0 Å². The van der Waals surface area contributed by atoms with Crippen LogP contribution in [0.2, 0.25) is 0 Å². The second-order valence-corrected chi connectivity index (χ2v) is 4.75. The molecule has 0 amide bonds. The van der Waals surface area contributed by atoms with E-state index < -0.39 is 0 Å². The van der Waals surface area contributed by atoms with Crippen LogP contribution >= 0.6 is 0 Å². The van der Waals surface area contributed by atoms with Crippen molar-refractivity contribution in [3.63, 3.8) is 0 Å². The number of aromatic nitrogens is 1. The Morgan fingerprint density at radius 3 is 2.75 bits per heavy atom. The fraction of sp³-hybridized carbons (Fsp3) is 0.312. The van der Waals surface area contributed by atoms with Crippen molar-refractivity contribution in [2.45, 2.75) is 6.04 Å². The van der Waals surface area contributed by atoms with Crippen molar-refractivity contribution in [2.24, 2.45) is 0 Å². The van der Waals surface area contributed by atoms with E-state index in [4.69, 9.17) is 9.47 Å². The van der Waals surface area contributed by atoms with Crippen LogP contribution < -0.4 is 9.64 Å². The third kappa shape index (κ3) is 2.60. The number of methoxy groups -OCH3 is 1. The van der Waals surface area contributed by atoms with Gasteiger partial charge in [-0.15, -0.1) is 0 Å². The highest BCUT2D eigenvalue weighted by atomic mass is 16.5. The summed E-state index contributed by atoms with van der Waals surface area (Å²) in [6.07, 6.45) is 1.86. The predicted octanol–water partition coefficient (Wildman–Crippen LogP) is 2.67. The number of hydrogen-bond donors (Lipinski definition) is 0. The molecule has 1 aliphatic heterocycles. The second kappa shape index (κ2) is 5.92. The normalized spacial score (nSPS) is 18.9. The van der Waals surface area contributed by atoms with Crippen molar-refractivity contribution in [3.05, 3.63) is 54.2 Å². The molecule has 0 bridgehead atoms. The van der Waals surface area contributed by atoms with Gasteiger partial charge in [0.15, 0.2) is 0 Å². The van der Waals surface area contributed by atoms with Crippen LogP contribution in [0, 0.1) is 0 Å². The van der Waals surface area contributed by atoms with Crippen LogP contribution in [0.5, 0.6) is 5.88 Å². The molecule has 20 heavy (non-hydrogen) atoms. The quantitative estimate of drug-likeness (QED) is 0.859. The molecule has 0 spiro atoms. The topological polar surface area (TPSA) is 34.6 Å². The molecule has 4 nitrogen and oxygen atoms in total. The Hall–Kier alpha value is -2.07. The zero-order valence-electron chi connectivity index (χ0n) is 11.5. The summed E-state index contributed by atoms with van der Waals surface area (Å²) >= 11 is 0. The lowest BCUT2D eigenvalue weighted by atomic mass is 10.0. The second-order valence-electron chi connectivity index (χ2n) is 4.75. The van der Waals surface area contributed by atoms with Crippen LogP contribution in [0.25, 0.3) is 0 Å². The van der Waals surface area contributed by atoms with Gasteiger partial charge < -0.3 is 14.4 Å². The Kier molecular flexibility index (Phi) is 3.83. The van der Waals surface area contributed by atoms with Crippen molar-refractivity contribution in [2.75, 3.05) is 31.8 Å². The number of benzene rings is 1. The lowest BCUT2D eigenvalue weighted by Crippen LogP contribution is -2.39. The Balaban J connectivity index is 1.88. The van der Waals surface area contributed by atoms with Crippen molar-refractivity contribution in [1.82, 2.24) is 4.98 Å². The fourth-order valence-electron chi connectivity index (χ4n) is 2.53. The number of anilines is 1. The van der Waals surface area contributed by atoms with Crippen LogP contribution in [-0.4, -0.2) is 31.9 Å². The maximum absolute atomic E-state index is 5.65. The first-order valence-corrected chi connectivity index (χ1v) is 6.78. The van der Waals surface area contributed by atoms with Crippen molar-refractivity contribution in [1.29, 1.82) is 0 Å². The molecule has 104 valence electrons. The van der Waals surface area contributed by atoms with E-state index in [1.54, 1.807) is 7.11 Å². The summed E-state index contributed by atoms with van der Waals surface area (Å²) in [6, 6.07) is 14.6. The molecule has 1 aromatic carbocycles. The summed E-state index contributed by atoms with van der Waals surface area (Å²) in [5.41, 5.74) is 2.37. The number of hydrogen-bond acceptors (Lipinski definition) is 4. The number of ether oxygens (including phenoxy) is 2. The van der Waals surface area contributed by atoms with Gasteiger partial charge in [0.2, 0.25) is 5.88 Å². The minimum absolute atomic E-state index is 0.236. The van der Waals surface area contributed by atoms with Crippen molar-refractivity contribution in [3.8, 4) is 5.88 Å². The van der Waals surface area contributed by atoms with Crippen LogP contribution in [0.4, 0.5) is 5.69 Å². The van der Waals surface area contributed by atoms with Gasteiger partial charge in [-0.3, -0.25) is 0 Å². The van der Waals surface area contributed by atoms with Crippen LogP contribution in [0.3, 0.4) is 0 Å². The number of pyridine rings is 1. The van der Waals surface area contributed by atoms with Crippen molar-refractivity contribution < 1.29 is 9.47 Å². The molecular formula is C16H18N2O2. The number of nitrogens with zero attached hydrogens (tertiary/aromatic N) is 2. The molecule has 0 aliphatic carbocycles. The van der Waals surface area contributed by atoms with E-state index in [2.05, 4.69) is 34.1 Å². The van der Waals surface area contributed by atoms with E-state index in [1.165, 1.54) is 5.56 Å². The van der Waals surface area contributed by atoms with E-state index in [1.807, 2.05) is 24.4 Å². The van der Waals surface area contributed by atoms with Gasteiger partial charge in [-0.1, -0.05) is 30.3 Å². The van der Waals surface area contributed by atoms with E-state index >= 15 is 0 Å². The molecule has 4 heteroatoms. The van der Waals surface area contributed by atoms with Gasteiger partial charge in [0, 0.05) is 12.6 Å². The van der Waals surface area contributed by atoms with Crippen LogP contribution in [0.1, 0.15) is 11.6 Å². The lowest BCUT2D eigenvalue weighted by Gasteiger charge is -2.37. The molecule has 1 aliphatic rings. The molecule has 0 N–H and O–H groups in total. The van der Waals surface area contributed by atoms with Gasteiger partial charge in [0.05, 0.1) is 38.2 Å². The highest BCUT2D eigenvalue weighted by Gasteiger charge is 2.24. The maximum Gasteiger partial charge on any atom is 0.213 e. The van der Waals surface area contributed by atoms with Gasteiger partial charge in [-0.25, -0.2) is 4.98 Å². The molecule has 2 heterocycles. The van der Waals surface area contributed by atoms with E-state index in [9.17, 15) is 0 Å². The SMILES string of the molecule is COc1ccc(N2CCOCC2c2ccccc2)cn1. The minimum atomic E-state index is 0.236. The van der Waals surface area contributed by atoms with E-state index in [0.29, 0.717) is 12.5 Å². The summed E-state index contributed by atoms with van der Waals surface area (Å²) in [7, 11) is 1.63. The first kappa shape index (κ1) is 12.9. The first-order valence-electron chi connectivity index (χ1n) is 6.78. The predicted molar refractivity (Wildman–Crippen MR) is 78.1 cm³/mol. The monoisotopic (exact) mass is 270 g/mol. The molecule has 0 saturated carbocycles. The molecule has 1 atom stereocenters. The fourth-order valence-corrected chi connectivity index (χ4v) is 2.53. The third-order valence-corrected chi connectivity index (χ3v) is 3.57. The van der Waals surface area contributed by atoms with Crippen LogP contribution in [0.15, 0.2) is 48.7 Å². The maximum atomic E-state index is 5.65. The Labute approximate surface area is 119 Å². The third-order valence-electron chi connectivity index (χ3n) is 3.57. The molecular weight excluding hydrogens is 252 g/mol. The smallest absolute Gasteiger partial charge is 0.213 e. The summed E-state index contributed by atoms with van der Waals surface area (Å²) in [5, 5.41) is 0. The minimum Gasteiger partial charge on any atom is -0.481 e. The molecule has 3 rings (SSSR count). The number of morpholine rings is 1. The molecule has 2 aromatic rings. The van der Waals surface area contributed by atoms with Gasteiger partial charge in [0.25, 0.3) is 0 Å². The van der Waals surface area contributed by atoms with Gasteiger partial charge >= 0.3 is 0 Å². The Morgan fingerprint density at radius 2 is 2.05 bits per heavy atom. The van der Waals surface area contributed by atoms with E-state index in [-0.39, 0.29) is 6.04 Å². The largest absolute Gasteiger partial charge is 0.481 e. The molecule has 1 fully saturated rings. The van der Waals surface area contributed by atoms with Crippen LogP contribution in [-0.2, 0) is 4.74 Å². The highest BCUT2D eigenvalue weighted by Crippen LogP contribution is 2.29. The number of rotatable bonds is 3. The van der Waals surface area contributed by atoms with Gasteiger partial charge in [-0.05, 0) is 11.6 Å². The zero-order chi connectivity index (χ0) is 13.8. The molecule has 1 saturated heterocycles. The Bertz CT molecular complexity index is 542. The molecule has 0 radical (unpaired) electrons.